The maximum absolute atomic E-state index is 12.3. The molecule has 0 radical (unpaired) electrons. The molecule has 1 heterocycles. The van der Waals surface area contributed by atoms with Gasteiger partial charge >= 0.3 is 0 Å². The Kier molecular flexibility index (Phi) is 5.40. The van der Waals surface area contributed by atoms with E-state index < -0.39 is 0 Å². The lowest BCUT2D eigenvalue weighted by atomic mass is 10.1. The topological polar surface area (TPSA) is 46.9 Å². The zero-order chi connectivity index (χ0) is 19.3. The van der Waals surface area contributed by atoms with Crippen molar-refractivity contribution in [3.63, 3.8) is 0 Å². The number of nitrogens with zero attached hydrogens (tertiary/aromatic N) is 2. The number of carbonyl (C=O) groups excluding carboxylic acids is 1. The van der Waals surface area contributed by atoms with Crippen LogP contribution in [0.2, 0.25) is 5.02 Å². The molecule has 4 nitrogen and oxygen atoms in total. The van der Waals surface area contributed by atoms with E-state index in [-0.39, 0.29) is 5.91 Å². The molecular formula is C23H20ClN3O. The quantitative estimate of drug-likeness (QED) is 0.524. The summed E-state index contributed by atoms with van der Waals surface area (Å²) in [4.78, 5) is 17.1. The third-order valence-corrected chi connectivity index (χ3v) is 4.89. The van der Waals surface area contributed by atoms with Crippen LogP contribution in [0.4, 0.5) is 0 Å². The molecule has 1 N–H and O–H groups in total. The number of nitrogens with one attached hydrogen (secondary N) is 1. The van der Waals surface area contributed by atoms with Crippen LogP contribution in [0.25, 0.3) is 11.0 Å². The van der Waals surface area contributed by atoms with Gasteiger partial charge in [-0.3, -0.25) is 4.79 Å². The van der Waals surface area contributed by atoms with Gasteiger partial charge < -0.3 is 9.88 Å². The molecule has 0 saturated carbocycles. The lowest BCUT2D eigenvalue weighted by Gasteiger charge is -2.11. The number of hydrogen-bond acceptors (Lipinski definition) is 2. The molecule has 0 aliphatic rings. The Morgan fingerprint density at radius 3 is 2.39 bits per heavy atom. The number of hydrogen-bond donors (Lipinski definition) is 1. The van der Waals surface area contributed by atoms with E-state index in [9.17, 15) is 4.79 Å². The fourth-order valence-electron chi connectivity index (χ4n) is 3.23. The van der Waals surface area contributed by atoms with Gasteiger partial charge in [-0.15, -0.1) is 0 Å². The standard InChI is InChI=1S/C23H20ClN3O/c24-19-12-10-18(11-13-19)16-27-21-9-5-4-8-20(21)26-22(27)15-25-23(28)14-17-6-2-1-3-7-17/h1-13H,14-16H2,(H,25,28). The molecule has 5 heteroatoms. The fourth-order valence-corrected chi connectivity index (χ4v) is 3.36. The highest BCUT2D eigenvalue weighted by Gasteiger charge is 2.12. The van der Waals surface area contributed by atoms with Gasteiger partial charge in [0.2, 0.25) is 5.91 Å². The number of benzene rings is 3. The third-order valence-electron chi connectivity index (χ3n) is 4.64. The number of halogens is 1. The van der Waals surface area contributed by atoms with Crippen molar-refractivity contribution in [1.82, 2.24) is 14.9 Å². The van der Waals surface area contributed by atoms with Crippen molar-refractivity contribution in [1.29, 1.82) is 0 Å². The van der Waals surface area contributed by atoms with Gasteiger partial charge in [0.05, 0.1) is 24.0 Å². The summed E-state index contributed by atoms with van der Waals surface area (Å²) in [5.41, 5.74) is 4.09. The molecule has 0 saturated heterocycles. The Labute approximate surface area is 168 Å². The smallest absolute Gasteiger partial charge is 0.224 e. The average Bonchev–Trinajstić information content (AvgIpc) is 3.06. The van der Waals surface area contributed by atoms with Crippen molar-refractivity contribution in [2.75, 3.05) is 0 Å². The van der Waals surface area contributed by atoms with Gasteiger partial charge in [0, 0.05) is 11.6 Å². The molecule has 0 unspecified atom stereocenters. The van der Waals surface area contributed by atoms with Crippen LogP contribution in [0.1, 0.15) is 17.0 Å². The molecule has 0 spiro atoms. The maximum Gasteiger partial charge on any atom is 0.224 e. The van der Waals surface area contributed by atoms with E-state index in [1.165, 1.54) is 0 Å². The first-order valence-corrected chi connectivity index (χ1v) is 9.56. The summed E-state index contributed by atoms with van der Waals surface area (Å²) in [7, 11) is 0. The molecule has 4 rings (SSSR count). The van der Waals surface area contributed by atoms with Crippen LogP contribution in [-0.2, 0) is 24.3 Å². The first-order chi connectivity index (χ1) is 13.7. The van der Waals surface area contributed by atoms with Crippen molar-refractivity contribution in [3.05, 3.63) is 101 Å². The lowest BCUT2D eigenvalue weighted by molar-refractivity contribution is -0.120. The van der Waals surface area contributed by atoms with Gasteiger partial charge in [-0.25, -0.2) is 4.98 Å². The number of fused-ring (bicyclic) bond motifs is 1. The molecule has 4 aromatic rings. The first-order valence-electron chi connectivity index (χ1n) is 9.18. The maximum atomic E-state index is 12.3. The van der Waals surface area contributed by atoms with Gasteiger partial charge in [0.15, 0.2) is 0 Å². The highest BCUT2D eigenvalue weighted by Crippen LogP contribution is 2.19. The van der Waals surface area contributed by atoms with E-state index in [1.54, 1.807) is 0 Å². The molecule has 0 bridgehead atoms. The summed E-state index contributed by atoms with van der Waals surface area (Å²) >= 11 is 6.00. The van der Waals surface area contributed by atoms with Crippen LogP contribution in [0.15, 0.2) is 78.9 Å². The van der Waals surface area contributed by atoms with E-state index in [4.69, 9.17) is 16.6 Å². The molecule has 140 valence electrons. The number of rotatable bonds is 6. The summed E-state index contributed by atoms with van der Waals surface area (Å²) in [6.45, 7) is 1.05. The van der Waals surface area contributed by atoms with Crippen molar-refractivity contribution >= 4 is 28.5 Å². The second kappa shape index (κ2) is 8.28. The summed E-state index contributed by atoms with van der Waals surface area (Å²) in [5, 5.41) is 3.72. The highest BCUT2D eigenvalue weighted by atomic mass is 35.5. The largest absolute Gasteiger partial charge is 0.349 e. The Hall–Kier alpha value is -3.11. The fraction of sp³-hybridized carbons (Fsp3) is 0.130. The highest BCUT2D eigenvalue weighted by molar-refractivity contribution is 6.30. The molecule has 0 aliphatic heterocycles. The van der Waals surface area contributed by atoms with Gasteiger partial charge in [-0.2, -0.15) is 0 Å². The van der Waals surface area contributed by atoms with Crippen molar-refractivity contribution in [2.24, 2.45) is 0 Å². The Bertz CT molecular complexity index is 1090. The van der Waals surface area contributed by atoms with Crippen molar-refractivity contribution in [2.45, 2.75) is 19.5 Å². The zero-order valence-corrected chi connectivity index (χ0v) is 16.1. The predicted octanol–water partition coefficient (Wildman–Crippen LogP) is 4.60. The molecule has 3 aromatic carbocycles. The molecule has 0 aliphatic carbocycles. The van der Waals surface area contributed by atoms with Gasteiger partial charge in [0.25, 0.3) is 0 Å². The number of aromatic nitrogens is 2. The zero-order valence-electron chi connectivity index (χ0n) is 15.3. The van der Waals surface area contributed by atoms with Crippen LogP contribution in [-0.4, -0.2) is 15.5 Å². The second-order valence-electron chi connectivity index (χ2n) is 6.67. The van der Waals surface area contributed by atoms with Crippen LogP contribution in [0.3, 0.4) is 0 Å². The van der Waals surface area contributed by atoms with Gasteiger partial charge in [0.1, 0.15) is 5.82 Å². The minimum absolute atomic E-state index is 0.0173. The Morgan fingerprint density at radius 1 is 0.893 bits per heavy atom. The Balaban J connectivity index is 1.54. The predicted molar refractivity (Wildman–Crippen MR) is 112 cm³/mol. The minimum atomic E-state index is -0.0173. The van der Waals surface area contributed by atoms with Gasteiger partial charge in [-0.05, 0) is 35.4 Å². The summed E-state index contributed by atoms with van der Waals surface area (Å²) in [5.74, 6) is 0.814. The summed E-state index contributed by atoms with van der Waals surface area (Å²) in [6, 6.07) is 25.5. The van der Waals surface area contributed by atoms with Crippen molar-refractivity contribution in [3.8, 4) is 0 Å². The van der Waals surface area contributed by atoms with E-state index in [1.807, 2.05) is 78.9 Å². The number of para-hydroxylation sites is 2. The van der Waals surface area contributed by atoms with E-state index in [0.29, 0.717) is 24.5 Å². The molecule has 1 aromatic heterocycles. The Morgan fingerprint density at radius 2 is 1.61 bits per heavy atom. The minimum Gasteiger partial charge on any atom is -0.349 e. The number of amides is 1. The monoisotopic (exact) mass is 389 g/mol. The van der Waals surface area contributed by atoms with Gasteiger partial charge in [-0.1, -0.05) is 66.2 Å². The second-order valence-corrected chi connectivity index (χ2v) is 7.10. The van der Waals surface area contributed by atoms with Crippen LogP contribution in [0, 0.1) is 0 Å². The average molecular weight is 390 g/mol. The SMILES string of the molecule is O=C(Cc1ccccc1)NCc1nc2ccccc2n1Cc1ccc(Cl)cc1. The van der Waals surface area contributed by atoms with E-state index >= 15 is 0 Å². The normalized spacial score (nSPS) is 10.9. The van der Waals surface area contributed by atoms with E-state index in [2.05, 4.69) is 9.88 Å². The molecular weight excluding hydrogens is 370 g/mol. The van der Waals surface area contributed by atoms with Crippen LogP contribution < -0.4 is 5.32 Å². The molecule has 0 atom stereocenters. The number of carbonyl (C=O) groups is 1. The lowest BCUT2D eigenvalue weighted by Crippen LogP contribution is -2.26. The van der Waals surface area contributed by atoms with Crippen LogP contribution in [0.5, 0.6) is 0 Å². The third kappa shape index (κ3) is 4.24. The number of imidazole rings is 1. The molecule has 1 amide bonds. The van der Waals surface area contributed by atoms with E-state index in [0.717, 1.165) is 28.0 Å². The van der Waals surface area contributed by atoms with Crippen LogP contribution >= 0.6 is 11.6 Å². The molecule has 0 fully saturated rings. The summed E-state index contributed by atoms with van der Waals surface area (Å²) < 4.78 is 2.14. The summed E-state index contributed by atoms with van der Waals surface area (Å²) in [6.07, 6.45) is 0.359. The van der Waals surface area contributed by atoms with Crippen molar-refractivity contribution < 1.29 is 4.79 Å². The first kappa shape index (κ1) is 18.3. The molecule has 28 heavy (non-hydrogen) atoms.